The number of benzene rings is 2. The highest BCUT2D eigenvalue weighted by atomic mass is 32.2. The number of alkyl halides is 2. The van der Waals surface area contributed by atoms with E-state index in [0.29, 0.717) is 21.5 Å². The normalized spacial score (nSPS) is 12.2. The number of imidazole rings is 1. The van der Waals surface area contributed by atoms with E-state index in [9.17, 15) is 17.2 Å². The second-order valence-electron chi connectivity index (χ2n) is 5.97. The Morgan fingerprint density at radius 2 is 1.88 bits per heavy atom. The van der Waals surface area contributed by atoms with Gasteiger partial charge in [-0.2, -0.15) is 8.78 Å². The van der Waals surface area contributed by atoms with Crippen LogP contribution in [0.3, 0.4) is 0 Å². The molecule has 2 aromatic carbocycles. The number of rotatable bonds is 6. The van der Waals surface area contributed by atoms with Gasteiger partial charge in [0.05, 0.1) is 21.7 Å². The van der Waals surface area contributed by atoms with Crippen LogP contribution in [0.25, 0.3) is 11.0 Å². The zero-order valence-electron chi connectivity index (χ0n) is 14.3. The molecular formula is C18H18F2N2O2S2. The molecule has 0 spiro atoms. The van der Waals surface area contributed by atoms with E-state index in [0.717, 1.165) is 21.9 Å². The maximum absolute atomic E-state index is 13.4. The lowest BCUT2D eigenvalue weighted by atomic mass is 10.2. The highest BCUT2D eigenvalue weighted by Crippen LogP contribution is 2.29. The molecule has 0 aliphatic heterocycles. The fourth-order valence-electron chi connectivity index (χ4n) is 2.71. The number of nitrogens with zero attached hydrogens (tertiary/aromatic N) is 2. The van der Waals surface area contributed by atoms with Crippen LogP contribution in [0.5, 0.6) is 0 Å². The first kappa shape index (κ1) is 18.8. The van der Waals surface area contributed by atoms with Crippen molar-refractivity contribution < 1.29 is 17.2 Å². The Morgan fingerprint density at radius 3 is 2.62 bits per heavy atom. The van der Waals surface area contributed by atoms with E-state index < -0.39 is 16.4 Å². The smallest absolute Gasteiger partial charge is 0.261 e. The molecule has 1 heterocycles. The molecule has 0 saturated heterocycles. The molecule has 26 heavy (non-hydrogen) atoms. The van der Waals surface area contributed by atoms with Crippen molar-refractivity contribution in [2.24, 2.45) is 0 Å². The van der Waals surface area contributed by atoms with Crippen LogP contribution in [-0.4, -0.2) is 29.5 Å². The summed E-state index contributed by atoms with van der Waals surface area (Å²) in [5, 5.41) is 0.123. The quantitative estimate of drug-likeness (QED) is 0.571. The van der Waals surface area contributed by atoms with Crippen molar-refractivity contribution in [3.05, 3.63) is 53.6 Å². The fraction of sp³-hybridized carbons (Fsp3) is 0.278. The monoisotopic (exact) mass is 396 g/mol. The Kier molecular flexibility index (Phi) is 5.34. The van der Waals surface area contributed by atoms with Crippen LogP contribution >= 0.6 is 11.8 Å². The Hall–Kier alpha value is -1.93. The largest absolute Gasteiger partial charge is 0.321 e. The molecule has 0 radical (unpaired) electrons. The summed E-state index contributed by atoms with van der Waals surface area (Å²) in [6, 6.07) is 11.9. The highest BCUT2D eigenvalue weighted by molar-refractivity contribution is 8.00. The predicted octanol–water partition coefficient (Wildman–Crippen LogP) is 4.61. The molecule has 0 unspecified atom stereocenters. The number of aryl methyl sites for hydroxylation is 2. The SMILES string of the molecule is Cc1ccc(C)c(S(=O)(=O)CCSc2nc3ccccc3n2C(F)F)c1. The number of fused-ring (bicyclic) bond motifs is 1. The van der Waals surface area contributed by atoms with Gasteiger partial charge in [0.25, 0.3) is 0 Å². The van der Waals surface area contributed by atoms with Crippen molar-refractivity contribution in [1.82, 2.24) is 9.55 Å². The van der Waals surface area contributed by atoms with Gasteiger partial charge in [-0.1, -0.05) is 36.0 Å². The summed E-state index contributed by atoms with van der Waals surface area (Å²) in [4.78, 5) is 4.50. The summed E-state index contributed by atoms with van der Waals surface area (Å²) in [7, 11) is -3.49. The fourth-order valence-corrected chi connectivity index (χ4v) is 5.73. The molecule has 0 atom stereocenters. The minimum Gasteiger partial charge on any atom is -0.261 e. The Morgan fingerprint density at radius 1 is 1.15 bits per heavy atom. The molecule has 3 aromatic rings. The van der Waals surface area contributed by atoms with Crippen LogP contribution < -0.4 is 0 Å². The van der Waals surface area contributed by atoms with Crippen LogP contribution in [0.2, 0.25) is 0 Å². The molecule has 3 rings (SSSR count). The van der Waals surface area contributed by atoms with Gasteiger partial charge in [0.1, 0.15) is 0 Å². The number of sulfone groups is 1. The van der Waals surface area contributed by atoms with Gasteiger partial charge >= 0.3 is 6.55 Å². The number of hydrogen-bond acceptors (Lipinski definition) is 4. The topological polar surface area (TPSA) is 52.0 Å². The Bertz CT molecular complexity index is 1050. The average Bonchev–Trinajstić information content (AvgIpc) is 2.95. The Labute approximate surface area is 155 Å². The molecule has 0 saturated carbocycles. The molecular weight excluding hydrogens is 378 g/mol. The summed E-state index contributed by atoms with van der Waals surface area (Å²) in [6.07, 6.45) is 0. The van der Waals surface area contributed by atoms with Gasteiger partial charge in [0, 0.05) is 5.75 Å². The van der Waals surface area contributed by atoms with E-state index in [1.807, 2.05) is 13.0 Å². The van der Waals surface area contributed by atoms with Gasteiger partial charge < -0.3 is 0 Å². The third-order valence-electron chi connectivity index (χ3n) is 4.02. The molecule has 138 valence electrons. The van der Waals surface area contributed by atoms with Crippen molar-refractivity contribution in [2.45, 2.75) is 30.4 Å². The van der Waals surface area contributed by atoms with Gasteiger partial charge in [-0.05, 0) is 43.2 Å². The zero-order valence-corrected chi connectivity index (χ0v) is 15.9. The summed E-state index contributed by atoms with van der Waals surface area (Å²) >= 11 is 1.03. The number of para-hydroxylation sites is 2. The van der Waals surface area contributed by atoms with Crippen molar-refractivity contribution in [2.75, 3.05) is 11.5 Å². The third-order valence-corrected chi connectivity index (χ3v) is 7.08. The average molecular weight is 396 g/mol. The molecule has 0 amide bonds. The first-order valence-electron chi connectivity index (χ1n) is 7.97. The van der Waals surface area contributed by atoms with E-state index >= 15 is 0 Å². The summed E-state index contributed by atoms with van der Waals surface area (Å²) in [6.45, 7) is 0.842. The standard InChI is InChI=1S/C18H18F2N2O2S2/c1-12-7-8-13(2)16(11-12)26(23,24)10-9-25-18-21-14-5-3-4-6-15(14)22(18)17(19)20/h3-8,11,17H,9-10H2,1-2H3. The summed E-state index contributed by atoms with van der Waals surface area (Å²) in [5.74, 6) is 0.000159. The van der Waals surface area contributed by atoms with Gasteiger partial charge in [0.2, 0.25) is 0 Å². The number of hydrogen-bond donors (Lipinski definition) is 0. The van der Waals surface area contributed by atoms with Crippen LogP contribution in [0.1, 0.15) is 17.7 Å². The van der Waals surface area contributed by atoms with E-state index in [4.69, 9.17) is 0 Å². The maximum Gasteiger partial charge on any atom is 0.321 e. The second kappa shape index (κ2) is 7.36. The molecule has 0 aliphatic carbocycles. The lowest BCUT2D eigenvalue weighted by molar-refractivity contribution is 0.0656. The van der Waals surface area contributed by atoms with Crippen molar-refractivity contribution in [3.8, 4) is 0 Å². The lowest BCUT2D eigenvalue weighted by Crippen LogP contribution is -2.11. The second-order valence-corrected chi connectivity index (χ2v) is 9.11. The van der Waals surface area contributed by atoms with Crippen LogP contribution in [-0.2, 0) is 9.84 Å². The van der Waals surface area contributed by atoms with E-state index in [1.165, 1.54) is 0 Å². The van der Waals surface area contributed by atoms with Crippen LogP contribution in [0.4, 0.5) is 8.78 Å². The van der Waals surface area contributed by atoms with E-state index in [-0.39, 0.29) is 16.7 Å². The minimum absolute atomic E-state index is 0.123. The minimum atomic E-state index is -3.49. The molecule has 0 bridgehead atoms. The van der Waals surface area contributed by atoms with Gasteiger partial charge in [-0.15, -0.1) is 0 Å². The molecule has 8 heteroatoms. The zero-order chi connectivity index (χ0) is 18.9. The number of halogens is 2. The van der Waals surface area contributed by atoms with Crippen molar-refractivity contribution in [1.29, 1.82) is 0 Å². The maximum atomic E-state index is 13.4. The number of aromatic nitrogens is 2. The van der Waals surface area contributed by atoms with E-state index in [2.05, 4.69) is 4.98 Å². The lowest BCUT2D eigenvalue weighted by Gasteiger charge is -2.09. The van der Waals surface area contributed by atoms with Gasteiger partial charge in [-0.25, -0.2) is 13.4 Å². The first-order valence-corrected chi connectivity index (χ1v) is 10.6. The van der Waals surface area contributed by atoms with E-state index in [1.54, 1.807) is 43.3 Å². The van der Waals surface area contributed by atoms with Crippen molar-refractivity contribution in [3.63, 3.8) is 0 Å². The van der Waals surface area contributed by atoms with Crippen LogP contribution in [0, 0.1) is 13.8 Å². The van der Waals surface area contributed by atoms with Crippen molar-refractivity contribution >= 4 is 32.6 Å². The third kappa shape index (κ3) is 3.76. The first-order chi connectivity index (χ1) is 12.3. The molecule has 0 fully saturated rings. The van der Waals surface area contributed by atoms with Gasteiger partial charge in [-0.3, -0.25) is 4.57 Å². The molecule has 4 nitrogen and oxygen atoms in total. The Balaban J connectivity index is 1.81. The van der Waals surface area contributed by atoms with Crippen LogP contribution in [0.15, 0.2) is 52.5 Å². The molecule has 0 aliphatic rings. The summed E-state index contributed by atoms with van der Waals surface area (Å²) < 4.78 is 52.8. The summed E-state index contributed by atoms with van der Waals surface area (Å²) in [5.41, 5.74) is 2.34. The van der Waals surface area contributed by atoms with Gasteiger partial charge in [0.15, 0.2) is 15.0 Å². The molecule has 0 N–H and O–H groups in total. The molecule has 1 aromatic heterocycles. The number of thioether (sulfide) groups is 1. The predicted molar refractivity (Wildman–Crippen MR) is 99.7 cm³/mol. The highest BCUT2D eigenvalue weighted by Gasteiger charge is 2.21.